The van der Waals surface area contributed by atoms with Crippen molar-refractivity contribution >= 4 is 17.6 Å². The highest BCUT2D eigenvalue weighted by atomic mass is 19.1. The molecule has 0 saturated carbocycles. The van der Waals surface area contributed by atoms with E-state index in [0.29, 0.717) is 0 Å². The smallest absolute Gasteiger partial charge is 0.332 e. The van der Waals surface area contributed by atoms with E-state index in [-0.39, 0.29) is 24.1 Å². The van der Waals surface area contributed by atoms with Crippen molar-refractivity contribution in [1.82, 2.24) is 0 Å². The Bertz CT molecular complexity index is 562. The van der Waals surface area contributed by atoms with Gasteiger partial charge in [0.2, 0.25) is 0 Å². The first-order chi connectivity index (χ1) is 9.38. The molecule has 2 rings (SSSR count). The Hall–Kier alpha value is -2.02. The molecule has 2 N–H and O–H groups in total. The van der Waals surface area contributed by atoms with E-state index in [2.05, 4.69) is 5.32 Å². The van der Waals surface area contributed by atoms with Crippen LogP contribution in [0.4, 0.5) is 14.5 Å². The van der Waals surface area contributed by atoms with Crippen LogP contribution in [0.15, 0.2) is 12.1 Å². The number of hydrogen-bond donors (Lipinski definition) is 2. The summed E-state index contributed by atoms with van der Waals surface area (Å²) in [7, 11) is 0. The van der Waals surface area contributed by atoms with E-state index in [0.717, 1.165) is 12.1 Å². The minimum absolute atomic E-state index is 0.128. The fraction of sp³-hybridized carbons (Fsp3) is 0.385. The van der Waals surface area contributed by atoms with E-state index in [1.165, 1.54) is 6.92 Å². The summed E-state index contributed by atoms with van der Waals surface area (Å²) < 4.78 is 31.9. The molecule has 1 aromatic rings. The second-order valence-corrected chi connectivity index (χ2v) is 4.60. The predicted molar refractivity (Wildman–Crippen MR) is 65.3 cm³/mol. The zero-order valence-corrected chi connectivity index (χ0v) is 10.7. The van der Waals surface area contributed by atoms with Gasteiger partial charge in [0.25, 0.3) is 5.91 Å². The number of carbonyl (C=O) groups is 2. The molecule has 1 heterocycles. The second kappa shape index (κ2) is 5.54. The maximum absolute atomic E-state index is 13.6. The Morgan fingerprint density at radius 1 is 1.25 bits per heavy atom. The van der Waals surface area contributed by atoms with Gasteiger partial charge >= 0.3 is 5.97 Å². The van der Waals surface area contributed by atoms with Crippen LogP contribution in [0.3, 0.4) is 0 Å². The van der Waals surface area contributed by atoms with Crippen LogP contribution >= 0.6 is 0 Å². The third-order valence-electron chi connectivity index (χ3n) is 3.09. The summed E-state index contributed by atoms with van der Waals surface area (Å²) in [5.41, 5.74) is -0.163. The number of aliphatic carboxylic acids is 1. The zero-order chi connectivity index (χ0) is 14.9. The highest BCUT2D eigenvalue weighted by Crippen LogP contribution is 2.23. The number of carboxylic acid groups (broad SMARTS) is 1. The van der Waals surface area contributed by atoms with Gasteiger partial charge in [-0.05, 0) is 31.4 Å². The van der Waals surface area contributed by atoms with Crippen molar-refractivity contribution in [3.05, 3.63) is 29.3 Å². The number of benzene rings is 1. The van der Waals surface area contributed by atoms with Gasteiger partial charge in [-0.15, -0.1) is 0 Å². The number of anilines is 1. The number of rotatable bonds is 3. The molecule has 108 valence electrons. The predicted octanol–water partition coefficient (Wildman–Crippen LogP) is 1.84. The molecule has 1 amide bonds. The van der Waals surface area contributed by atoms with Gasteiger partial charge in [-0.2, -0.15) is 0 Å². The van der Waals surface area contributed by atoms with Crippen LogP contribution in [0.25, 0.3) is 0 Å². The number of hydrogen-bond acceptors (Lipinski definition) is 3. The third-order valence-corrected chi connectivity index (χ3v) is 3.09. The quantitative estimate of drug-likeness (QED) is 0.888. The molecule has 2 atom stereocenters. The van der Waals surface area contributed by atoms with Crippen LogP contribution in [-0.2, 0) is 14.3 Å². The first-order valence-electron chi connectivity index (χ1n) is 6.03. The fourth-order valence-electron chi connectivity index (χ4n) is 1.97. The minimum Gasteiger partial charge on any atom is -0.479 e. The lowest BCUT2D eigenvalue weighted by Gasteiger charge is -2.12. The Labute approximate surface area is 113 Å². The second-order valence-electron chi connectivity index (χ2n) is 4.60. The van der Waals surface area contributed by atoms with Gasteiger partial charge in [0.1, 0.15) is 17.7 Å². The molecule has 7 heteroatoms. The van der Waals surface area contributed by atoms with Crippen molar-refractivity contribution in [3.8, 4) is 0 Å². The number of aryl methyl sites for hydroxylation is 1. The number of carboxylic acids is 1. The van der Waals surface area contributed by atoms with Crippen LogP contribution in [-0.4, -0.2) is 29.2 Å². The van der Waals surface area contributed by atoms with E-state index in [1.54, 1.807) is 0 Å². The van der Waals surface area contributed by atoms with Crippen LogP contribution in [0.1, 0.15) is 18.4 Å². The third kappa shape index (κ3) is 2.93. The molecular weight excluding hydrogens is 272 g/mol. The van der Waals surface area contributed by atoms with Gasteiger partial charge < -0.3 is 15.2 Å². The van der Waals surface area contributed by atoms with Crippen molar-refractivity contribution < 1.29 is 28.2 Å². The van der Waals surface area contributed by atoms with E-state index in [4.69, 9.17) is 9.84 Å². The van der Waals surface area contributed by atoms with Gasteiger partial charge in [-0.1, -0.05) is 0 Å². The summed E-state index contributed by atoms with van der Waals surface area (Å²) in [6, 6.07) is 1.85. The summed E-state index contributed by atoms with van der Waals surface area (Å²) in [5.74, 6) is -3.23. The lowest BCUT2D eigenvalue weighted by molar-refractivity contribution is -0.150. The lowest BCUT2D eigenvalue weighted by atomic mass is 10.1. The first-order valence-corrected chi connectivity index (χ1v) is 6.03. The molecule has 5 nitrogen and oxygen atoms in total. The molecule has 0 aliphatic carbocycles. The summed E-state index contributed by atoms with van der Waals surface area (Å²) in [6.07, 6.45) is -1.58. The van der Waals surface area contributed by atoms with Crippen molar-refractivity contribution in [1.29, 1.82) is 0 Å². The summed E-state index contributed by atoms with van der Waals surface area (Å²) >= 11 is 0. The van der Waals surface area contributed by atoms with Crippen LogP contribution in [0.2, 0.25) is 0 Å². The molecule has 1 saturated heterocycles. The normalized spacial score (nSPS) is 21.8. The molecular formula is C13H13F2NO4. The molecule has 1 aromatic carbocycles. The van der Waals surface area contributed by atoms with E-state index >= 15 is 0 Å². The molecule has 1 aliphatic rings. The highest BCUT2D eigenvalue weighted by Gasteiger charge is 2.35. The average molecular weight is 285 g/mol. The maximum atomic E-state index is 13.6. The largest absolute Gasteiger partial charge is 0.479 e. The molecule has 0 unspecified atom stereocenters. The van der Waals surface area contributed by atoms with Gasteiger partial charge in [0, 0.05) is 6.07 Å². The first kappa shape index (κ1) is 14.4. The Kier molecular flexibility index (Phi) is 3.99. The average Bonchev–Trinajstić information content (AvgIpc) is 2.85. The molecule has 0 aromatic heterocycles. The van der Waals surface area contributed by atoms with Crippen LogP contribution < -0.4 is 5.32 Å². The van der Waals surface area contributed by atoms with E-state index < -0.39 is 35.7 Å². The van der Waals surface area contributed by atoms with Crippen LogP contribution in [0, 0.1) is 18.6 Å². The maximum Gasteiger partial charge on any atom is 0.332 e. The van der Waals surface area contributed by atoms with Gasteiger partial charge in [0.15, 0.2) is 6.10 Å². The number of nitrogens with one attached hydrogen (secondary N) is 1. The number of carbonyl (C=O) groups excluding carboxylic acids is 1. The minimum atomic E-state index is -1.15. The number of amides is 1. The molecule has 0 radical (unpaired) electrons. The Morgan fingerprint density at radius 2 is 1.90 bits per heavy atom. The van der Waals surface area contributed by atoms with Crippen molar-refractivity contribution in [2.24, 2.45) is 0 Å². The van der Waals surface area contributed by atoms with Gasteiger partial charge in [0.05, 0.1) is 5.69 Å². The van der Waals surface area contributed by atoms with Gasteiger partial charge in [-0.25, -0.2) is 13.6 Å². The molecule has 1 fully saturated rings. The summed E-state index contributed by atoms with van der Waals surface area (Å²) in [6.45, 7) is 1.40. The van der Waals surface area contributed by atoms with Gasteiger partial charge in [-0.3, -0.25) is 4.79 Å². The van der Waals surface area contributed by atoms with Crippen molar-refractivity contribution in [3.63, 3.8) is 0 Å². The molecule has 0 bridgehead atoms. The SMILES string of the molecule is Cc1cc(F)c(NC(=O)[C@@H]2CC[C@H](C(=O)O)O2)cc1F. The topological polar surface area (TPSA) is 75.6 Å². The standard InChI is InChI=1S/C13H13F2NO4/c1-6-4-8(15)9(5-7(6)14)16-12(17)10-2-3-11(20-10)13(18)19/h4-5,10-11H,2-3H2,1H3,(H,16,17)(H,18,19)/t10-,11+/m0/s1. The highest BCUT2D eigenvalue weighted by molar-refractivity contribution is 5.94. The Morgan fingerprint density at radius 3 is 2.50 bits per heavy atom. The van der Waals surface area contributed by atoms with Crippen molar-refractivity contribution in [2.45, 2.75) is 32.0 Å². The summed E-state index contributed by atoms with van der Waals surface area (Å²) in [4.78, 5) is 22.5. The fourth-order valence-corrected chi connectivity index (χ4v) is 1.97. The van der Waals surface area contributed by atoms with Crippen molar-refractivity contribution in [2.75, 3.05) is 5.32 Å². The Balaban J connectivity index is 2.06. The van der Waals surface area contributed by atoms with E-state index in [1.807, 2.05) is 0 Å². The van der Waals surface area contributed by atoms with E-state index in [9.17, 15) is 18.4 Å². The monoisotopic (exact) mass is 285 g/mol. The lowest BCUT2D eigenvalue weighted by Crippen LogP contribution is -2.30. The number of ether oxygens (including phenoxy) is 1. The molecule has 1 aliphatic heterocycles. The molecule has 0 spiro atoms. The number of halogens is 2. The summed E-state index contributed by atoms with van der Waals surface area (Å²) in [5, 5.41) is 11.0. The van der Waals surface area contributed by atoms with Crippen LogP contribution in [0.5, 0.6) is 0 Å². The molecule has 20 heavy (non-hydrogen) atoms. The zero-order valence-electron chi connectivity index (χ0n) is 10.7.